The molecule has 2 unspecified atom stereocenters. The Morgan fingerprint density at radius 1 is 1.06 bits per heavy atom. The lowest BCUT2D eigenvalue weighted by Gasteiger charge is -2.30. The molecule has 3 N–H and O–H groups in total. The number of pyridine rings is 1. The number of methoxy groups -OCH3 is 1. The van der Waals surface area contributed by atoms with E-state index in [0.717, 1.165) is 5.56 Å². The number of carbonyl (C=O) groups is 5. The van der Waals surface area contributed by atoms with Crippen LogP contribution in [-0.4, -0.2) is 87.6 Å². The van der Waals surface area contributed by atoms with Gasteiger partial charge in [0.2, 0.25) is 11.8 Å². The highest BCUT2D eigenvalue weighted by molar-refractivity contribution is 5.96. The summed E-state index contributed by atoms with van der Waals surface area (Å²) in [5.74, 6) is -1.95. The highest BCUT2D eigenvalue weighted by Gasteiger charge is 2.61. The molecule has 1 aliphatic carbocycles. The normalized spacial score (nSPS) is 25.2. The summed E-state index contributed by atoms with van der Waals surface area (Å²) in [6.45, 7) is 5.02. The number of hydrogen-bond donors (Lipinski definition) is 3. The first-order chi connectivity index (χ1) is 24.8. The predicted molar refractivity (Wildman–Crippen MR) is 191 cm³/mol. The number of carboxylic acid groups (broad SMARTS) is 1. The van der Waals surface area contributed by atoms with E-state index in [4.69, 9.17) is 19.2 Å². The van der Waals surface area contributed by atoms with Gasteiger partial charge >= 0.3 is 12.1 Å². The topological polar surface area (TPSA) is 173 Å². The number of Topliss-reactive ketones (excluding diaryl/α,β-unsaturated/α-hetero) is 1. The standard InChI is InChI=1S/C39H44N4O9/c1-38(2,3)52-37(49)41-29-17-14-25(44)13-9-8-12-24-21-39(24,36(47)48)42-34(45)32-19-27(22-43(32)35(29)46)51-33-20-30(23-10-6-5-7-11-23)40-31-18-26(50-4)15-16-28(31)33/h5-8,10-12,15-16,18,20,24,27,29,32H,9,13-14,17,19,21-22H2,1-4H3,(H,41,49)(H,42,45)(H,47,48)/t24?,27?,29-,32-,39+/m0/s1. The lowest BCUT2D eigenvalue weighted by molar-refractivity contribution is -0.145. The highest BCUT2D eigenvalue weighted by atomic mass is 16.6. The van der Waals surface area contributed by atoms with Gasteiger partial charge in [0, 0.05) is 48.3 Å². The number of carbonyl (C=O) groups excluding carboxylic acids is 4. The number of allylic oxidation sites excluding steroid dienone is 1. The third kappa shape index (κ3) is 8.03. The molecule has 0 spiro atoms. The number of hydrogen-bond acceptors (Lipinski definition) is 9. The quantitative estimate of drug-likeness (QED) is 0.301. The van der Waals surface area contributed by atoms with Gasteiger partial charge in [0.05, 0.1) is 24.9 Å². The van der Waals surface area contributed by atoms with Gasteiger partial charge in [-0.3, -0.25) is 14.4 Å². The minimum absolute atomic E-state index is 0.00188. The molecule has 52 heavy (non-hydrogen) atoms. The van der Waals surface area contributed by atoms with E-state index in [1.807, 2.05) is 36.4 Å². The number of ether oxygens (including phenoxy) is 3. The Kier molecular flexibility index (Phi) is 10.2. The lowest BCUT2D eigenvalue weighted by atomic mass is 10.0. The molecule has 2 aromatic carbocycles. The lowest BCUT2D eigenvalue weighted by Crippen LogP contribution is -2.56. The van der Waals surface area contributed by atoms with Gasteiger partial charge in [-0.2, -0.15) is 0 Å². The van der Waals surface area contributed by atoms with Gasteiger partial charge < -0.3 is 34.9 Å². The van der Waals surface area contributed by atoms with Crippen molar-refractivity contribution in [2.75, 3.05) is 13.7 Å². The fourth-order valence-corrected chi connectivity index (χ4v) is 6.82. The van der Waals surface area contributed by atoms with Crippen LogP contribution < -0.4 is 20.1 Å². The number of ketones is 1. The van der Waals surface area contributed by atoms with Crippen LogP contribution in [0.5, 0.6) is 11.5 Å². The van der Waals surface area contributed by atoms with Gasteiger partial charge in [-0.1, -0.05) is 42.5 Å². The average molecular weight is 713 g/mol. The van der Waals surface area contributed by atoms with Crippen LogP contribution in [0.25, 0.3) is 22.2 Å². The summed E-state index contributed by atoms with van der Waals surface area (Å²) >= 11 is 0. The molecule has 2 fully saturated rings. The Bertz CT molecular complexity index is 1910. The summed E-state index contributed by atoms with van der Waals surface area (Å²) in [5, 5.41) is 16.2. The highest BCUT2D eigenvalue weighted by Crippen LogP contribution is 2.45. The number of benzene rings is 2. The molecule has 6 rings (SSSR count). The Balaban J connectivity index is 1.36. The molecule has 13 heteroatoms. The van der Waals surface area contributed by atoms with Crippen molar-refractivity contribution in [3.63, 3.8) is 0 Å². The van der Waals surface area contributed by atoms with Crippen LogP contribution in [0, 0.1) is 5.92 Å². The maximum Gasteiger partial charge on any atom is 0.408 e. The van der Waals surface area contributed by atoms with Crippen molar-refractivity contribution in [1.29, 1.82) is 0 Å². The number of carboxylic acids is 1. The minimum Gasteiger partial charge on any atom is -0.497 e. The molecular formula is C39H44N4O9. The largest absolute Gasteiger partial charge is 0.497 e. The molecule has 274 valence electrons. The zero-order valence-corrected chi connectivity index (χ0v) is 29.7. The number of rotatable bonds is 6. The smallest absolute Gasteiger partial charge is 0.408 e. The van der Waals surface area contributed by atoms with Gasteiger partial charge in [0.25, 0.3) is 0 Å². The molecule has 2 aliphatic heterocycles. The van der Waals surface area contributed by atoms with Gasteiger partial charge in [0.15, 0.2) is 0 Å². The van der Waals surface area contributed by atoms with Gasteiger partial charge in [-0.15, -0.1) is 0 Å². The number of fused-ring (bicyclic) bond motifs is 3. The summed E-state index contributed by atoms with van der Waals surface area (Å²) in [6, 6.07) is 14.4. The summed E-state index contributed by atoms with van der Waals surface area (Å²) in [6.07, 6.45) is 2.69. The Morgan fingerprint density at radius 2 is 1.83 bits per heavy atom. The Labute approximate surface area is 301 Å². The van der Waals surface area contributed by atoms with Gasteiger partial charge in [-0.25, -0.2) is 14.6 Å². The molecule has 5 atom stereocenters. The van der Waals surface area contributed by atoms with E-state index in [-0.39, 0.29) is 44.4 Å². The number of amides is 3. The summed E-state index contributed by atoms with van der Waals surface area (Å²) in [7, 11) is 1.57. The fraction of sp³-hybridized carbons (Fsp3) is 0.436. The first kappa shape index (κ1) is 36.3. The predicted octanol–water partition coefficient (Wildman–Crippen LogP) is 4.81. The van der Waals surface area contributed by atoms with Crippen molar-refractivity contribution in [3.8, 4) is 22.8 Å². The number of alkyl carbamates (subject to hydrolysis) is 1. The van der Waals surface area contributed by atoms with E-state index in [1.54, 1.807) is 58.2 Å². The first-order valence-electron chi connectivity index (χ1n) is 17.5. The van der Waals surface area contributed by atoms with E-state index < -0.39 is 59.1 Å². The fourth-order valence-electron chi connectivity index (χ4n) is 6.82. The molecule has 1 saturated heterocycles. The van der Waals surface area contributed by atoms with E-state index >= 15 is 0 Å². The molecule has 0 radical (unpaired) electrons. The van der Waals surface area contributed by atoms with E-state index in [2.05, 4.69) is 10.6 Å². The number of aromatic nitrogens is 1. The second-order valence-corrected chi connectivity index (χ2v) is 14.6. The van der Waals surface area contributed by atoms with Crippen molar-refractivity contribution < 1.29 is 43.3 Å². The Morgan fingerprint density at radius 3 is 2.54 bits per heavy atom. The monoisotopic (exact) mass is 712 g/mol. The molecular weight excluding hydrogens is 668 g/mol. The summed E-state index contributed by atoms with van der Waals surface area (Å²) < 4.78 is 17.5. The van der Waals surface area contributed by atoms with Crippen molar-refractivity contribution >= 4 is 40.6 Å². The van der Waals surface area contributed by atoms with Crippen LogP contribution in [-0.2, 0) is 23.9 Å². The molecule has 13 nitrogen and oxygen atoms in total. The van der Waals surface area contributed by atoms with E-state index in [1.165, 1.54) is 4.90 Å². The van der Waals surface area contributed by atoms with E-state index in [0.29, 0.717) is 34.5 Å². The van der Waals surface area contributed by atoms with Crippen LogP contribution >= 0.6 is 0 Å². The van der Waals surface area contributed by atoms with Crippen molar-refractivity contribution in [2.24, 2.45) is 5.92 Å². The number of aliphatic carboxylic acids is 1. The average Bonchev–Trinajstić information content (AvgIpc) is 3.64. The van der Waals surface area contributed by atoms with Crippen molar-refractivity contribution in [3.05, 3.63) is 66.7 Å². The Hall–Kier alpha value is -5.46. The zero-order valence-electron chi connectivity index (χ0n) is 29.7. The molecule has 3 amide bonds. The summed E-state index contributed by atoms with van der Waals surface area (Å²) in [4.78, 5) is 72.9. The van der Waals surface area contributed by atoms with Crippen molar-refractivity contribution in [2.45, 2.75) is 88.6 Å². The second kappa shape index (κ2) is 14.6. The molecule has 1 saturated carbocycles. The number of nitrogens with one attached hydrogen (secondary N) is 2. The van der Waals surface area contributed by atoms with Crippen LogP contribution in [0.4, 0.5) is 4.79 Å². The zero-order chi connectivity index (χ0) is 37.2. The van der Waals surface area contributed by atoms with Gasteiger partial charge in [-0.05, 0) is 52.2 Å². The van der Waals surface area contributed by atoms with Crippen LogP contribution in [0.2, 0.25) is 0 Å². The molecule has 1 aromatic heterocycles. The van der Waals surface area contributed by atoms with E-state index in [9.17, 15) is 29.1 Å². The van der Waals surface area contributed by atoms with Crippen LogP contribution in [0.1, 0.15) is 59.3 Å². The minimum atomic E-state index is -1.54. The second-order valence-electron chi connectivity index (χ2n) is 14.6. The SMILES string of the molecule is COc1ccc2c(OC3C[C@H]4C(=O)N[C@]5(C(=O)O)CC5C=CCCC(=O)CC[C@H](NC(=O)OC(C)(C)C)C(=O)N4C3)cc(-c3ccccc3)nc2c1. The third-order valence-electron chi connectivity index (χ3n) is 9.59. The maximum absolute atomic E-state index is 14.4. The van der Waals surface area contributed by atoms with Crippen LogP contribution in [0.15, 0.2) is 66.7 Å². The molecule has 3 aliphatic rings. The summed E-state index contributed by atoms with van der Waals surface area (Å²) in [5.41, 5.74) is -0.292. The maximum atomic E-state index is 14.4. The van der Waals surface area contributed by atoms with Crippen molar-refractivity contribution in [1.82, 2.24) is 20.5 Å². The van der Waals surface area contributed by atoms with Crippen LogP contribution in [0.3, 0.4) is 0 Å². The molecule has 3 aromatic rings. The molecule has 0 bridgehead atoms. The third-order valence-corrected chi connectivity index (χ3v) is 9.59. The van der Waals surface area contributed by atoms with Gasteiger partial charge in [0.1, 0.15) is 46.6 Å². The molecule has 3 heterocycles. The number of nitrogens with zero attached hydrogens (tertiary/aromatic N) is 2. The first-order valence-corrected chi connectivity index (χ1v) is 17.5.